The van der Waals surface area contributed by atoms with Crippen molar-refractivity contribution in [2.45, 2.75) is 111 Å². The van der Waals surface area contributed by atoms with Crippen LogP contribution in [-0.4, -0.2) is 111 Å². The number of amides is 5. The number of halogens is 1. The SMILES string of the molecule is CCS(=O)(=O)Nc1ccc(-c2n[nH]c(Nc3ccc(C(=O)OCCCCCCC(=O)N[C@H](C(=O)N4C[C@H](O)C[C@H]4C(=O)NC(=O)Cc4ccc(-c5scnc5C)cc4)C(C)(C)C)cn3)c2C(N)=O)cc1O[C@@H](C)c1ccc(F)cc1. The number of rotatable bonds is 24. The number of thiazole rings is 1. The van der Waals surface area contributed by atoms with Crippen LogP contribution in [-0.2, 0) is 40.4 Å². The standard InChI is InChI=1S/C56H65FN10O11S2/c1-7-80(75,76)66-41-23-19-37(27-43(41)78-33(3)35-17-21-39(57)22-18-35)48-47(51(58)71)52(65-64-48)61-44-24-20-38(29-59-44)55(74)77-25-11-9-8-10-12-45(69)62-50(56(4,5)6)54(73)67-30-40(68)28-42(67)53(72)63-46(70)26-34-13-15-36(16-14-34)49-32(2)60-31-79-49/h13-24,27,29,31,33,40,42,50,66,68H,7-12,25-26,28,30H2,1-6H3,(H2,58,71)(H,62,69)(H,63,70,72)(H2,59,61,64,65)/t33-,40+,42-,50+/m0/s1. The topological polar surface area (TPSA) is 307 Å². The minimum atomic E-state index is -3.73. The summed E-state index contributed by atoms with van der Waals surface area (Å²) >= 11 is 1.52. The number of anilines is 3. The summed E-state index contributed by atoms with van der Waals surface area (Å²) in [4.78, 5) is 90.3. The molecule has 0 spiro atoms. The second kappa shape index (κ2) is 26.2. The number of primary amides is 1. The number of carbonyl (C=O) groups excluding carboxylic acids is 6. The van der Waals surface area contributed by atoms with Crippen LogP contribution in [0.4, 0.5) is 21.7 Å². The van der Waals surface area contributed by atoms with Gasteiger partial charge in [-0.3, -0.25) is 39.1 Å². The number of benzene rings is 3. The fourth-order valence-corrected chi connectivity index (χ4v) is 10.3. The maximum atomic E-state index is 14.0. The number of ether oxygens (including phenoxy) is 2. The normalized spacial score (nSPS) is 15.1. The lowest BCUT2D eigenvalue weighted by atomic mass is 9.85. The highest BCUT2D eigenvalue weighted by Gasteiger charge is 2.45. The van der Waals surface area contributed by atoms with E-state index in [9.17, 15) is 46.7 Å². The van der Waals surface area contributed by atoms with Gasteiger partial charge in [0.05, 0.1) is 52.2 Å². The van der Waals surface area contributed by atoms with Crippen LogP contribution in [0.15, 0.2) is 90.6 Å². The molecule has 1 aliphatic rings. The van der Waals surface area contributed by atoms with E-state index in [0.29, 0.717) is 42.4 Å². The van der Waals surface area contributed by atoms with E-state index in [4.69, 9.17) is 15.2 Å². The number of sulfonamides is 1. The minimum absolute atomic E-state index is 0.0525. The first-order chi connectivity index (χ1) is 38.0. The molecule has 8 N–H and O–H groups in total. The third-order valence-corrected chi connectivity index (χ3v) is 15.5. The Morgan fingerprint density at radius 3 is 2.30 bits per heavy atom. The number of H-pyrrole nitrogens is 1. The minimum Gasteiger partial charge on any atom is -0.484 e. The second-order valence-corrected chi connectivity index (χ2v) is 23.3. The Morgan fingerprint density at radius 2 is 1.65 bits per heavy atom. The number of nitrogens with two attached hydrogens (primary N) is 1. The van der Waals surface area contributed by atoms with Gasteiger partial charge >= 0.3 is 5.97 Å². The summed E-state index contributed by atoms with van der Waals surface area (Å²) < 4.78 is 52.9. The first kappa shape index (κ1) is 59.6. The predicted octanol–water partition coefficient (Wildman–Crippen LogP) is 7.27. The average Bonchev–Trinajstić information content (AvgIpc) is 4.16. The zero-order chi connectivity index (χ0) is 57.9. The highest BCUT2D eigenvalue weighted by atomic mass is 32.2. The van der Waals surface area contributed by atoms with Crippen LogP contribution in [0.25, 0.3) is 21.7 Å². The van der Waals surface area contributed by atoms with Gasteiger partial charge in [0.2, 0.25) is 33.7 Å². The van der Waals surface area contributed by atoms with E-state index in [2.05, 4.69) is 40.8 Å². The molecule has 21 nitrogen and oxygen atoms in total. The lowest BCUT2D eigenvalue weighted by Gasteiger charge is -2.35. The number of aliphatic hydroxyl groups is 1. The first-order valence-electron chi connectivity index (χ1n) is 26.0. The molecule has 1 fully saturated rings. The summed E-state index contributed by atoms with van der Waals surface area (Å²) in [7, 11) is -3.73. The monoisotopic (exact) mass is 1140 g/mol. The Balaban J connectivity index is 0.857. The van der Waals surface area contributed by atoms with Gasteiger partial charge in [-0.1, -0.05) is 76.1 Å². The molecule has 4 heterocycles. The van der Waals surface area contributed by atoms with Crippen molar-refractivity contribution in [1.82, 2.24) is 35.7 Å². The predicted molar refractivity (Wildman–Crippen MR) is 299 cm³/mol. The Kier molecular flexibility index (Phi) is 19.5. The molecule has 5 amide bonds. The number of carbonyl (C=O) groups is 6. The Hall–Kier alpha value is -8.09. The van der Waals surface area contributed by atoms with E-state index >= 15 is 0 Å². The van der Waals surface area contributed by atoms with E-state index in [1.165, 1.54) is 71.8 Å². The molecular formula is C56H65FN10O11S2. The van der Waals surface area contributed by atoms with Gasteiger partial charge in [0.15, 0.2) is 0 Å². The highest BCUT2D eigenvalue weighted by molar-refractivity contribution is 7.92. The van der Waals surface area contributed by atoms with Crippen molar-refractivity contribution in [3.05, 3.63) is 124 Å². The molecule has 0 aliphatic carbocycles. The van der Waals surface area contributed by atoms with Gasteiger partial charge < -0.3 is 35.8 Å². The maximum Gasteiger partial charge on any atom is 0.339 e. The summed E-state index contributed by atoms with van der Waals surface area (Å²) in [5, 5.41) is 25.8. The van der Waals surface area contributed by atoms with Gasteiger partial charge in [-0.15, -0.1) is 11.3 Å². The number of aromatic amines is 1. The summed E-state index contributed by atoms with van der Waals surface area (Å²) in [6.45, 7) is 10.4. The fourth-order valence-electron chi connectivity index (χ4n) is 8.83. The molecule has 0 unspecified atom stereocenters. The quantitative estimate of drug-likeness (QED) is 0.0231. The lowest BCUT2D eigenvalue weighted by molar-refractivity contribution is -0.145. The maximum absolute atomic E-state index is 14.0. The van der Waals surface area contributed by atoms with Gasteiger partial charge in [-0.2, -0.15) is 5.10 Å². The van der Waals surface area contributed by atoms with Crippen LogP contribution < -0.4 is 31.1 Å². The Morgan fingerprint density at radius 1 is 0.938 bits per heavy atom. The van der Waals surface area contributed by atoms with Crippen LogP contribution in [0.2, 0.25) is 0 Å². The van der Waals surface area contributed by atoms with Crippen molar-refractivity contribution in [3.8, 4) is 27.4 Å². The smallest absolute Gasteiger partial charge is 0.339 e. The molecule has 80 heavy (non-hydrogen) atoms. The van der Waals surface area contributed by atoms with Crippen molar-refractivity contribution < 1.29 is 56.2 Å². The van der Waals surface area contributed by atoms with Crippen LogP contribution in [0.1, 0.15) is 117 Å². The number of β-amino-alcohol motifs (C(OH)–C–C–N with tert-alkyl or cyclic N) is 1. The Bertz CT molecular complexity index is 3310. The molecule has 3 aromatic carbocycles. The number of pyridine rings is 1. The van der Waals surface area contributed by atoms with E-state index in [1.54, 1.807) is 57.5 Å². The number of esters is 1. The molecule has 0 radical (unpaired) electrons. The number of likely N-dealkylation sites (tertiary alicyclic amines) is 1. The summed E-state index contributed by atoms with van der Waals surface area (Å²) in [5.74, 6) is -3.91. The highest BCUT2D eigenvalue weighted by Crippen LogP contribution is 2.37. The summed E-state index contributed by atoms with van der Waals surface area (Å²) in [6.07, 6.45) is 1.82. The number of imide groups is 1. The van der Waals surface area contributed by atoms with Crippen molar-refractivity contribution >= 4 is 74.2 Å². The van der Waals surface area contributed by atoms with Crippen molar-refractivity contribution in [2.24, 2.45) is 11.1 Å². The molecule has 1 saturated heterocycles. The number of aliphatic hydroxyl groups excluding tert-OH is 1. The van der Waals surface area contributed by atoms with Crippen molar-refractivity contribution in [1.29, 1.82) is 0 Å². The molecule has 0 saturated carbocycles. The van der Waals surface area contributed by atoms with Crippen molar-refractivity contribution in [3.63, 3.8) is 0 Å². The molecule has 424 valence electrons. The zero-order valence-corrected chi connectivity index (χ0v) is 46.8. The van der Waals surface area contributed by atoms with Gasteiger partial charge in [0, 0.05) is 31.1 Å². The van der Waals surface area contributed by atoms with Crippen LogP contribution >= 0.6 is 11.3 Å². The molecular weight excluding hydrogens is 1070 g/mol. The number of aryl methyl sites for hydroxylation is 1. The number of aromatic nitrogens is 4. The molecule has 3 aromatic heterocycles. The first-order valence-corrected chi connectivity index (χ1v) is 28.5. The number of nitrogens with one attached hydrogen (secondary N) is 5. The molecule has 7 rings (SSSR count). The second-order valence-electron chi connectivity index (χ2n) is 20.4. The molecule has 24 heteroatoms. The molecule has 6 aromatic rings. The lowest BCUT2D eigenvalue weighted by Crippen LogP contribution is -2.58. The third-order valence-electron chi connectivity index (χ3n) is 13.2. The van der Waals surface area contributed by atoms with E-state index < -0.39 is 75.1 Å². The van der Waals surface area contributed by atoms with Crippen LogP contribution in [0, 0.1) is 18.2 Å². The van der Waals surface area contributed by atoms with Gasteiger partial charge in [0.25, 0.3) is 5.91 Å². The molecule has 4 atom stereocenters. The van der Waals surface area contributed by atoms with Crippen molar-refractivity contribution in [2.75, 3.05) is 28.9 Å². The van der Waals surface area contributed by atoms with E-state index in [1.807, 2.05) is 19.1 Å². The van der Waals surface area contributed by atoms with E-state index in [0.717, 1.165) is 16.1 Å². The number of hydrogen-bond donors (Lipinski definition) is 7. The van der Waals surface area contributed by atoms with Crippen LogP contribution in [0.3, 0.4) is 0 Å². The fraction of sp³-hybridized carbons (Fsp3) is 0.375. The van der Waals surface area contributed by atoms with E-state index in [-0.39, 0.29) is 84.0 Å². The average molecular weight is 1140 g/mol. The largest absolute Gasteiger partial charge is 0.484 e. The van der Waals surface area contributed by atoms with Crippen LogP contribution in [0.5, 0.6) is 5.75 Å². The number of unbranched alkanes of at least 4 members (excludes halogenated alkanes) is 3. The van der Waals surface area contributed by atoms with Gasteiger partial charge in [-0.05, 0) is 92.1 Å². The van der Waals surface area contributed by atoms with Gasteiger partial charge in [0.1, 0.15) is 52.6 Å². The molecule has 0 bridgehead atoms. The summed E-state index contributed by atoms with van der Waals surface area (Å²) in [6, 6.07) is 18.3. The number of nitrogens with zero attached hydrogens (tertiary/aromatic N) is 4. The van der Waals surface area contributed by atoms with Gasteiger partial charge in [-0.25, -0.2) is 27.6 Å². The third kappa shape index (κ3) is 15.6. The zero-order valence-electron chi connectivity index (χ0n) is 45.1. The Labute approximate surface area is 466 Å². The summed E-state index contributed by atoms with van der Waals surface area (Å²) in [5.41, 5.74) is 10.7. The molecule has 1 aliphatic heterocycles. The number of hydrogen-bond acceptors (Lipinski definition) is 16.